The maximum atomic E-state index is 12.5. The molecule has 0 unspecified atom stereocenters. The van der Waals surface area contributed by atoms with Gasteiger partial charge in [0.2, 0.25) is 0 Å². The second-order valence-electron chi connectivity index (χ2n) is 4.18. The molecular formula is C12H11ClN2O4S2. The summed E-state index contributed by atoms with van der Waals surface area (Å²) in [6.07, 6.45) is 0. The second kappa shape index (κ2) is 5.63. The van der Waals surface area contributed by atoms with Crippen LogP contribution in [0.15, 0.2) is 29.2 Å². The summed E-state index contributed by atoms with van der Waals surface area (Å²) >= 11 is 6.56. The van der Waals surface area contributed by atoms with Gasteiger partial charge in [-0.3, -0.25) is 4.31 Å². The smallest absolute Gasteiger partial charge is 0.340 e. The molecule has 2 aromatic rings. The highest BCUT2D eigenvalue weighted by Crippen LogP contribution is 2.31. The number of carboxylic acid groups (broad SMARTS) is 1. The molecule has 0 radical (unpaired) electrons. The van der Waals surface area contributed by atoms with Crippen molar-refractivity contribution in [2.75, 3.05) is 11.4 Å². The Morgan fingerprint density at radius 3 is 2.43 bits per heavy atom. The van der Waals surface area contributed by atoms with Crippen molar-refractivity contribution in [1.82, 2.24) is 4.37 Å². The van der Waals surface area contributed by atoms with E-state index in [9.17, 15) is 18.3 Å². The quantitative estimate of drug-likeness (QED) is 0.919. The average Bonchev–Trinajstić information content (AvgIpc) is 2.80. The molecule has 0 atom stereocenters. The number of hydrogen-bond acceptors (Lipinski definition) is 5. The number of carbonyl (C=O) groups is 1. The van der Waals surface area contributed by atoms with Gasteiger partial charge in [0, 0.05) is 12.1 Å². The molecule has 0 bridgehead atoms. The summed E-state index contributed by atoms with van der Waals surface area (Å²) in [5.41, 5.74) is 0.167. The molecule has 0 saturated heterocycles. The van der Waals surface area contributed by atoms with Crippen molar-refractivity contribution in [3.63, 3.8) is 0 Å². The largest absolute Gasteiger partial charge is 0.478 e. The van der Waals surface area contributed by atoms with Crippen LogP contribution < -0.4 is 4.31 Å². The Bertz CT molecular complexity index is 784. The van der Waals surface area contributed by atoms with Crippen LogP contribution >= 0.6 is 23.1 Å². The highest BCUT2D eigenvalue weighted by atomic mass is 35.5. The molecule has 1 aromatic carbocycles. The molecule has 0 amide bonds. The average molecular weight is 347 g/mol. The van der Waals surface area contributed by atoms with Gasteiger partial charge in [0.25, 0.3) is 10.0 Å². The lowest BCUT2D eigenvalue weighted by Crippen LogP contribution is -2.27. The minimum Gasteiger partial charge on any atom is -0.478 e. The van der Waals surface area contributed by atoms with Gasteiger partial charge < -0.3 is 5.11 Å². The van der Waals surface area contributed by atoms with Gasteiger partial charge >= 0.3 is 5.97 Å². The lowest BCUT2D eigenvalue weighted by Gasteiger charge is -2.18. The molecule has 6 nitrogen and oxygen atoms in total. The van der Waals surface area contributed by atoms with Gasteiger partial charge in [-0.1, -0.05) is 11.6 Å². The zero-order chi connectivity index (χ0) is 15.8. The monoisotopic (exact) mass is 346 g/mol. The molecule has 21 heavy (non-hydrogen) atoms. The number of aromatic nitrogens is 1. The van der Waals surface area contributed by atoms with Crippen molar-refractivity contribution >= 4 is 44.1 Å². The van der Waals surface area contributed by atoms with E-state index in [1.807, 2.05) is 0 Å². The summed E-state index contributed by atoms with van der Waals surface area (Å²) < 4.78 is 29.8. The molecule has 9 heteroatoms. The lowest BCUT2D eigenvalue weighted by atomic mass is 10.2. The van der Waals surface area contributed by atoms with E-state index in [0.717, 1.165) is 15.8 Å². The van der Waals surface area contributed by atoms with E-state index in [4.69, 9.17) is 11.6 Å². The summed E-state index contributed by atoms with van der Waals surface area (Å²) in [7, 11) is -2.57. The molecule has 0 aliphatic rings. The van der Waals surface area contributed by atoms with Crippen molar-refractivity contribution in [3.05, 3.63) is 40.5 Å². The van der Waals surface area contributed by atoms with Crippen LogP contribution in [-0.4, -0.2) is 30.9 Å². The SMILES string of the molecule is Cc1nsc(N(C)S(=O)(=O)c2ccc(Cl)cc2)c1C(=O)O. The summed E-state index contributed by atoms with van der Waals surface area (Å²) in [6.45, 7) is 1.52. The topological polar surface area (TPSA) is 87.6 Å². The van der Waals surface area contributed by atoms with Crippen molar-refractivity contribution in [2.24, 2.45) is 0 Å². The number of carboxylic acids is 1. The minimum atomic E-state index is -3.87. The summed E-state index contributed by atoms with van der Waals surface area (Å²) in [6, 6.07) is 5.64. The first kappa shape index (κ1) is 15.7. The third-order valence-corrected chi connectivity index (χ3v) is 5.97. The molecule has 0 aliphatic carbocycles. The van der Waals surface area contributed by atoms with Gasteiger partial charge in [-0.25, -0.2) is 13.2 Å². The first-order valence-electron chi connectivity index (χ1n) is 5.69. The molecule has 0 aliphatic heterocycles. The maximum absolute atomic E-state index is 12.5. The third kappa shape index (κ3) is 2.87. The Morgan fingerprint density at radius 1 is 1.33 bits per heavy atom. The van der Waals surface area contributed by atoms with Crippen molar-refractivity contribution in [3.8, 4) is 0 Å². The van der Waals surface area contributed by atoms with E-state index in [2.05, 4.69) is 4.37 Å². The van der Waals surface area contributed by atoms with Crippen LogP contribution in [0.3, 0.4) is 0 Å². The van der Waals surface area contributed by atoms with Crippen LogP contribution in [0, 0.1) is 6.92 Å². The van der Waals surface area contributed by atoms with E-state index >= 15 is 0 Å². The van der Waals surface area contributed by atoms with E-state index in [-0.39, 0.29) is 21.2 Å². The standard InChI is InChI=1S/C12H11ClN2O4S2/c1-7-10(12(16)17)11(20-14-7)15(2)21(18,19)9-5-3-8(13)4-6-9/h3-6H,1-2H3,(H,16,17). The summed E-state index contributed by atoms with van der Waals surface area (Å²) in [5, 5.41) is 9.66. The molecule has 1 heterocycles. The highest BCUT2D eigenvalue weighted by Gasteiger charge is 2.28. The fraction of sp³-hybridized carbons (Fsp3) is 0.167. The number of rotatable bonds is 4. The Kier molecular flexibility index (Phi) is 4.22. The van der Waals surface area contributed by atoms with E-state index in [1.165, 1.54) is 38.2 Å². The van der Waals surface area contributed by atoms with Gasteiger partial charge in [0.1, 0.15) is 10.6 Å². The molecule has 0 fully saturated rings. The third-order valence-electron chi connectivity index (χ3n) is 2.82. The van der Waals surface area contributed by atoms with E-state index < -0.39 is 16.0 Å². The Balaban J connectivity index is 2.51. The zero-order valence-corrected chi connectivity index (χ0v) is 13.5. The van der Waals surface area contributed by atoms with Gasteiger partial charge in [-0.2, -0.15) is 4.37 Å². The van der Waals surface area contributed by atoms with Gasteiger partial charge in [0.05, 0.1) is 10.6 Å². The highest BCUT2D eigenvalue weighted by molar-refractivity contribution is 7.93. The first-order valence-corrected chi connectivity index (χ1v) is 8.28. The molecule has 0 spiro atoms. The van der Waals surface area contributed by atoms with Gasteiger partial charge in [0.15, 0.2) is 0 Å². The molecule has 2 rings (SSSR count). The molecule has 112 valence electrons. The summed E-state index contributed by atoms with van der Waals surface area (Å²) in [4.78, 5) is 11.3. The number of anilines is 1. The Hall–Kier alpha value is -1.64. The maximum Gasteiger partial charge on any atom is 0.340 e. The van der Waals surface area contributed by atoms with Crippen molar-refractivity contribution in [2.45, 2.75) is 11.8 Å². The number of hydrogen-bond donors (Lipinski definition) is 1. The number of benzene rings is 1. The van der Waals surface area contributed by atoms with Crippen LogP contribution in [-0.2, 0) is 10.0 Å². The Morgan fingerprint density at radius 2 is 1.90 bits per heavy atom. The number of aryl methyl sites for hydroxylation is 1. The number of sulfonamides is 1. The van der Waals surface area contributed by atoms with Gasteiger partial charge in [-0.05, 0) is 42.7 Å². The van der Waals surface area contributed by atoms with Crippen LogP contribution in [0.2, 0.25) is 5.02 Å². The van der Waals surface area contributed by atoms with Crippen LogP contribution in [0.1, 0.15) is 16.1 Å². The first-order chi connectivity index (χ1) is 9.75. The molecule has 1 N–H and O–H groups in total. The van der Waals surface area contributed by atoms with Gasteiger partial charge in [-0.15, -0.1) is 0 Å². The van der Waals surface area contributed by atoms with Crippen molar-refractivity contribution in [1.29, 1.82) is 0 Å². The normalized spacial score (nSPS) is 11.4. The number of aromatic carboxylic acids is 1. The second-order valence-corrected chi connectivity index (χ2v) is 7.34. The van der Waals surface area contributed by atoms with Crippen LogP contribution in [0.25, 0.3) is 0 Å². The predicted octanol–water partition coefficient (Wildman–Crippen LogP) is 2.63. The summed E-state index contributed by atoms with van der Waals surface area (Å²) in [5.74, 6) is -1.21. The fourth-order valence-electron chi connectivity index (χ4n) is 1.69. The molecule has 0 saturated carbocycles. The fourth-order valence-corrected chi connectivity index (χ4v) is 4.07. The lowest BCUT2D eigenvalue weighted by molar-refractivity contribution is 0.0697. The Labute approximate surface area is 130 Å². The van der Waals surface area contributed by atoms with Crippen molar-refractivity contribution < 1.29 is 18.3 Å². The molecular weight excluding hydrogens is 336 g/mol. The number of halogens is 1. The number of nitrogens with zero attached hydrogens (tertiary/aromatic N) is 2. The predicted molar refractivity (Wildman–Crippen MR) is 80.9 cm³/mol. The molecule has 1 aromatic heterocycles. The van der Waals surface area contributed by atoms with Crippen LogP contribution in [0.4, 0.5) is 5.00 Å². The zero-order valence-electron chi connectivity index (χ0n) is 11.1. The minimum absolute atomic E-state index is 0.0248. The van der Waals surface area contributed by atoms with Crippen LogP contribution in [0.5, 0.6) is 0 Å². The van der Waals surface area contributed by atoms with E-state index in [0.29, 0.717) is 5.02 Å². The van der Waals surface area contributed by atoms with E-state index in [1.54, 1.807) is 0 Å².